The minimum Gasteiger partial charge on any atom is -0.373 e. The number of ether oxygens (including phenoxy) is 1. The molecule has 0 radical (unpaired) electrons. The van der Waals surface area contributed by atoms with Crippen molar-refractivity contribution in [3.63, 3.8) is 0 Å². The number of morpholine rings is 1. The molecular weight excluding hydrogens is 262 g/mol. The van der Waals surface area contributed by atoms with Crippen LogP contribution in [0.5, 0.6) is 0 Å². The van der Waals surface area contributed by atoms with Crippen molar-refractivity contribution in [3.8, 4) is 0 Å². The second-order valence-electron chi connectivity index (χ2n) is 5.40. The van der Waals surface area contributed by atoms with Crippen LogP contribution in [0.15, 0.2) is 24.3 Å². The molecule has 0 spiro atoms. The number of halogens is 1. The molecule has 3 rings (SSSR count). The SMILES string of the molecule is CC1COC(CCl)CN1C(=O)C1Cc2ccccc21. The normalized spacial score (nSPS) is 29.6. The van der Waals surface area contributed by atoms with Crippen LogP contribution in [0.4, 0.5) is 0 Å². The highest BCUT2D eigenvalue weighted by Gasteiger charge is 2.38. The van der Waals surface area contributed by atoms with Crippen molar-refractivity contribution in [2.75, 3.05) is 19.0 Å². The van der Waals surface area contributed by atoms with Crippen molar-refractivity contribution in [3.05, 3.63) is 35.4 Å². The van der Waals surface area contributed by atoms with E-state index in [-0.39, 0.29) is 24.0 Å². The molecule has 1 aromatic rings. The zero-order valence-corrected chi connectivity index (χ0v) is 11.8. The summed E-state index contributed by atoms with van der Waals surface area (Å²) in [6.07, 6.45) is 0.835. The molecule has 0 saturated carbocycles. The van der Waals surface area contributed by atoms with Gasteiger partial charge in [-0.2, -0.15) is 0 Å². The lowest BCUT2D eigenvalue weighted by Gasteiger charge is -2.41. The third-order valence-corrected chi connectivity index (χ3v) is 4.46. The first-order chi connectivity index (χ1) is 9.20. The fraction of sp³-hybridized carbons (Fsp3) is 0.533. The summed E-state index contributed by atoms with van der Waals surface area (Å²) in [5.74, 6) is 0.704. The van der Waals surface area contributed by atoms with Gasteiger partial charge in [0.15, 0.2) is 0 Å². The Morgan fingerprint density at radius 3 is 3.00 bits per heavy atom. The van der Waals surface area contributed by atoms with Gasteiger partial charge in [-0.3, -0.25) is 4.79 Å². The predicted octanol–water partition coefficient (Wildman–Crippen LogP) is 2.18. The van der Waals surface area contributed by atoms with Crippen LogP contribution < -0.4 is 0 Å². The van der Waals surface area contributed by atoms with E-state index in [1.54, 1.807) is 0 Å². The molecule has 1 saturated heterocycles. The van der Waals surface area contributed by atoms with Crippen LogP contribution in [-0.2, 0) is 16.0 Å². The van der Waals surface area contributed by atoms with E-state index in [4.69, 9.17) is 16.3 Å². The van der Waals surface area contributed by atoms with Gasteiger partial charge in [-0.1, -0.05) is 24.3 Å². The van der Waals surface area contributed by atoms with Gasteiger partial charge in [-0.25, -0.2) is 0 Å². The van der Waals surface area contributed by atoms with Crippen molar-refractivity contribution in [2.24, 2.45) is 0 Å². The van der Waals surface area contributed by atoms with Gasteiger partial charge in [0.25, 0.3) is 0 Å². The number of hydrogen-bond donors (Lipinski definition) is 0. The van der Waals surface area contributed by atoms with Gasteiger partial charge in [-0.05, 0) is 24.5 Å². The summed E-state index contributed by atoms with van der Waals surface area (Å²) in [7, 11) is 0. The highest BCUT2D eigenvalue weighted by atomic mass is 35.5. The van der Waals surface area contributed by atoms with E-state index in [0.29, 0.717) is 19.0 Å². The number of rotatable bonds is 2. The number of benzene rings is 1. The van der Waals surface area contributed by atoms with Crippen LogP contribution in [-0.4, -0.2) is 42.0 Å². The Kier molecular flexibility index (Phi) is 3.50. The summed E-state index contributed by atoms with van der Waals surface area (Å²) in [6, 6.07) is 8.33. The average Bonchev–Trinajstić information content (AvgIpc) is 2.40. The zero-order valence-electron chi connectivity index (χ0n) is 11.0. The van der Waals surface area contributed by atoms with E-state index in [9.17, 15) is 4.79 Å². The fourth-order valence-electron chi connectivity index (χ4n) is 2.90. The van der Waals surface area contributed by atoms with Crippen LogP contribution in [0.2, 0.25) is 0 Å². The number of fused-ring (bicyclic) bond motifs is 1. The summed E-state index contributed by atoms with van der Waals surface area (Å²) in [5, 5.41) is 0. The summed E-state index contributed by atoms with van der Waals surface area (Å²) in [6.45, 7) is 3.23. The quantitative estimate of drug-likeness (QED) is 0.777. The maximum absolute atomic E-state index is 12.6. The maximum Gasteiger partial charge on any atom is 0.230 e. The smallest absolute Gasteiger partial charge is 0.230 e. The average molecular weight is 280 g/mol. The second-order valence-corrected chi connectivity index (χ2v) is 5.71. The molecule has 1 heterocycles. The van der Waals surface area contributed by atoms with E-state index >= 15 is 0 Å². The van der Waals surface area contributed by atoms with Crippen LogP contribution in [0, 0.1) is 0 Å². The van der Waals surface area contributed by atoms with E-state index in [1.807, 2.05) is 24.0 Å². The summed E-state index contributed by atoms with van der Waals surface area (Å²) >= 11 is 5.84. The van der Waals surface area contributed by atoms with Crippen molar-refractivity contribution in [1.29, 1.82) is 0 Å². The summed E-state index contributed by atoms with van der Waals surface area (Å²) in [5.41, 5.74) is 2.49. The zero-order chi connectivity index (χ0) is 13.4. The molecular formula is C15H18ClNO2. The van der Waals surface area contributed by atoms with Gasteiger partial charge >= 0.3 is 0 Å². The number of hydrogen-bond acceptors (Lipinski definition) is 2. The van der Waals surface area contributed by atoms with Crippen LogP contribution in [0.3, 0.4) is 0 Å². The predicted molar refractivity (Wildman–Crippen MR) is 74.5 cm³/mol. The lowest BCUT2D eigenvalue weighted by atomic mass is 9.76. The van der Waals surface area contributed by atoms with Crippen LogP contribution in [0.1, 0.15) is 24.0 Å². The minimum absolute atomic E-state index is 0.0304. The molecule has 0 aromatic heterocycles. The van der Waals surface area contributed by atoms with Gasteiger partial charge in [0, 0.05) is 6.54 Å². The molecule has 0 N–H and O–H groups in total. The van der Waals surface area contributed by atoms with Crippen molar-refractivity contribution >= 4 is 17.5 Å². The van der Waals surface area contributed by atoms with E-state index in [2.05, 4.69) is 12.1 Å². The third-order valence-electron chi connectivity index (χ3n) is 4.11. The highest BCUT2D eigenvalue weighted by Crippen LogP contribution is 2.37. The van der Waals surface area contributed by atoms with Crippen molar-refractivity contribution in [2.45, 2.75) is 31.4 Å². The molecule has 1 aromatic carbocycles. The Morgan fingerprint density at radius 1 is 1.47 bits per heavy atom. The maximum atomic E-state index is 12.6. The van der Waals surface area contributed by atoms with Crippen molar-refractivity contribution < 1.29 is 9.53 Å². The highest BCUT2D eigenvalue weighted by molar-refractivity contribution is 6.18. The Labute approximate surface area is 118 Å². The standard InChI is InChI=1S/C15H18ClNO2/c1-10-9-19-12(7-16)8-17(10)15(18)14-6-11-4-2-3-5-13(11)14/h2-5,10,12,14H,6-9H2,1H3. The molecule has 3 atom stereocenters. The van der Waals surface area contributed by atoms with Crippen LogP contribution in [0.25, 0.3) is 0 Å². The monoisotopic (exact) mass is 279 g/mol. The summed E-state index contributed by atoms with van der Waals surface area (Å²) in [4.78, 5) is 14.6. The van der Waals surface area contributed by atoms with Gasteiger partial charge in [0.1, 0.15) is 0 Å². The molecule has 1 fully saturated rings. The minimum atomic E-state index is -0.0304. The number of amides is 1. The lowest BCUT2D eigenvalue weighted by Crippen LogP contribution is -2.53. The van der Waals surface area contributed by atoms with Crippen molar-refractivity contribution in [1.82, 2.24) is 4.90 Å². The topological polar surface area (TPSA) is 29.5 Å². The Balaban J connectivity index is 1.74. The third kappa shape index (κ3) is 2.26. The van der Waals surface area contributed by atoms with E-state index in [0.717, 1.165) is 6.42 Å². The number of carbonyl (C=O) groups is 1. The molecule has 2 aliphatic rings. The van der Waals surface area contributed by atoms with Gasteiger partial charge in [-0.15, -0.1) is 11.6 Å². The Bertz CT molecular complexity index is 491. The molecule has 102 valence electrons. The second kappa shape index (κ2) is 5.14. The molecule has 19 heavy (non-hydrogen) atoms. The number of alkyl halides is 1. The Morgan fingerprint density at radius 2 is 2.26 bits per heavy atom. The van der Waals surface area contributed by atoms with E-state index < -0.39 is 0 Å². The first-order valence-corrected chi connectivity index (χ1v) is 7.30. The first kappa shape index (κ1) is 12.9. The van der Waals surface area contributed by atoms with Gasteiger partial charge in [0.05, 0.1) is 30.6 Å². The molecule has 1 aliphatic carbocycles. The largest absolute Gasteiger partial charge is 0.373 e. The summed E-state index contributed by atoms with van der Waals surface area (Å²) < 4.78 is 5.59. The molecule has 3 unspecified atom stereocenters. The van der Waals surface area contributed by atoms with E-state index in [1.165, 1.54) is 11.1 Å². The van der Waals surface area contributed by atoms with Gasteiger partial charge in [0.2, 0.25) is 5.91 Å². The number of nitrogens with zero attached hydrogens (tertiary/aromatic N) is 1. The fourth-order valence-corrected chi connectivity index (χ4v) is 3.08. The molecule has 1 amide bonds. The molecule has 0 bridgehead atoms. The first-order valence-electron chi connectivity index (χ1n) is 6.76. The number of carbonyl (C=O) groups excluding carboxylic acids is 1. The molecule has 4 heteroatoms. The molecule has 1 aliphatic heterocycles. The van der Waals surface area contributed by atoms with Gasteiger partial charge < -0.3 is 9.64 Å². The lowest BCUT2D eigenvalue weighted by molar-refractivity contribution is -0.145. The Hall–Kier alpha value is -1.06. The molecule has 3 nitrogen and oxygen atoms in total. The van der Waals surface area contributed by atoms with Crippen LogP contribution >= 0.6 is 11.6 Å².